The summed E-state index contributed by atoms with van der Waals surface area (Å²) in [6.07, 6.45) is 12.7. The van der Waals surface area contributed by atoms with Gasteiger partial charge >= 0.3 is 0 Å². The van der Waals surface area contributed by atoms with Crippen molar-refractivity contribution in [2.75, 3.05) is 0 Å². The molecule has 126 valence electrons. The average Bonchev–Trinajstić information content (AvgIpc) is 3.32. The zero-order chi connectivity index (χ0) is 16.2. The first-order valence-corrected chi connectivity index (χ1v) is 10.8. The zero-order valence-corrected chi connectivity index (χ0v) is 15.6. The minimum absolute atomic E-state index is 0.441. The molecule has 24 heavy (non-hydrogen) atoms. The van der Waals surface area contributed by atoms with E-state index in [9.17, 15) is 0 Å². The van der Waals surface area contributed by atoms with Gasteiger partial charge in [0, 0.05) is 4.75 Å². The highest BCUT2D eigenvalue weighted by Gasteiger charge is 2.72. The highest BCUT2D eigenvalue weighted by molar-refractivity contribution is 8.09. The van der Waals surface area contributed by atoms with Crippen LogP contribution in [0.4, 0.5) is 0 Å². The average molecular weight is 337 g/mol. The van der Waals surface area contributed by atoms with Gasteiger partial charge in [-0.25, -0.2) is 0 Å². The van der Waals surface area contributed by atoms with Crippen molar-refractivity contribution >= 4 is 22.5 Å². The van der Waals surface area contributed by atoms with Gasteiger partial charge in [0.1, 0.15) is 0 Å². The largest absolute Gasteiger partial charge is 0.140 e. The summed E-state index contributed by atoms with van der Waals surface area (Å²) < 4.78 is 0.949. The van der Waals surface area contributed by atoms with E-state index in [0.29, 0.717) is 9.49 Å². The molecular formula is C23H28S. The number of benzene rings is 2. The Morgan fingerprint density at radius 3 is 2.62 bits per heavy atom. The Balaban J connectivity index is 1.69. The molecule has 0 radical (unpaired) electrons. The SMILES string of the molecule is CCCCC12Cc3cccc4cccc(c34)C1(C1CCCCC1)S2. The van der Waals surface area contributed by atoms with Gasteiger partial charge in [0.15, 0.2) is 0 Å². The molecule has 2 aromatic carbocycles. The van der Waals surface area contributed by atoms with Crippen LogP contribution in [0, 0.1) is 5.92 Å². The number of fused-ring (bicyclic) bond motifs is 2. The molecule has 0 nitrogen and oxygen atoms in total. The molecular weight excluding hydrogens is 308 g/mol. The van der Waals surface area contributed by atoms with Crippen molar-refractivity contribution < 1.29 is 0 Å². The van der Waals surface area contributed by atoms with Crippen LogP contribution in [0.2, 0.25) is 0 Å². The lowest BCUT2D eigenvalue weighted by molar-refractivity contribution is 0.261. The Hall–Kier alpha value is -0.950. The predicted octanol–water partition coefficient (Wildman–Crippen LogP) is 6.85. The molecule has 0 spiro atoms. The first-order chi connectivity index (χ1) is 11.8. The van der Waals surface area contributed by atoms with Gasteiger partial charge in [0.05, 0.1) is 4.75 Å². The molecule has 2 fully saturated rings. The fraction of sp³-hybridized carbons (Fsp3) is 0.565. The third-order valence-corrected chi connectivity index (χ3v) is 9.10. The molecule has 0 amide bonds. The van der Waals surface area contributed by atoms with E-state index in [4.69, 9.17) is 0 Å². The molecule has 0 bridgehead atoms. The Kier molecular flexibility index (Phi) is 3.53. The minimum Gasteiger partial charge on any atom is -0.140 e. The highest BCUT2D eigenvalue weighted by atomic mass is 32.2. The number of thioether (sulfide) groups is 1. The van der Waals surface area contributed by atoms with Crippen molar-refractivity contribution in [3.63, 3.8) is 0 Å². The molecule has 2 atom stereocenters. The van der Waals surface area contributed by atoms with Crippen LogP contribution in [-0.4, -0.2) is 4.75 Å². The fourth-order valence-electron chi connectivity index (χ4n) is 5.91. The quantitative estimate of drug-likeness (QED) is 0.550. The van der Waals surface area contributed by atoms with Crippen LogP contribution >= 0.6 is 11.8 Å². The second kappa shape index (κ2) is 5.53. The third kappa shape index (κ3) is 1.94. The lowest BCUT2D eigenvalue weighted by Gasteiger charge is -2.38. The minimum atomic E-state index is 0.441. The maximum absolute atomic E-state index is 2.49. The van der Waals surface area contributed by atoms with E-state index < -0.39 is 0 Å². The van der Waals surface area contributed by atoms with Crippen molar-refractivity contribution in [1.82, 2.24) is 0 Å². The Morgan fingerprint density at radius 1 is 1.04 bits per heavy atom. The molecule has 0 aromatic heterocycles. The first kappa shape index (κ1) is 15.3. The summed E-state index contributed by atoms with van der Waals surface area (Å²) in [5, 5.41) is 3.08. The first-order valence-electron chi connectivity index (χ1n) is 10.0. The second-order valence-corrected chi connectivity index (χ2v) is 9.90. The Labute approximate surface area is 150 Å². The Morgan fingerprint density at radius 2 is 1.83 bits per heavy atom. The molecule has 2 aliphatic carbocycles. The summed E-state index contributed by atoms with van der Waals surface area (Å²) in [6.45, 7) is 2.35. The van der Waals surface area contributed by atoms with Crippen LogP contribution in [0.25, 0.3) is 10.8 Å². The monoisotopic (exact) mass is 336 g/mol. The number of hydrogen-bond acceptors (Lipinski definition) is 1. The van der Waals surface area contributed by atoms with E-state index in [1.54, 1.807) is 16.5 Å². The van der Waals surface area contributed by atoms with E-state index in [0.717, 1.165) is 5.92 Å². The molecule has 1 saturated carbocycles. The van der Waals surface area contributed by atoms with Crippen molar-refractivity contribution in [2.45, 2.75) is 74.2 Å². The van der Waals surface area contributed by atoms with E-state index >= 15 is 0 Å². The summed E-state index contributed by atoms with van der Waals surface area (Å²) in [5.41, 5.74) is 3.32. The maximum atomic E-state index is 2.49. The third-order valence-electron chi connectivity index (χ3n) is 6.97. The van der Waals surface area contributed by atoms with Gasteiger partial charge in [0.25, 0.3) is 0 Å². The molecule has 3 aliphatic rings. The predicted molar refractivity (Wildman–Crippen MR) is 106 cm³/mol. The summed E-state index contributed by atoms with van der Waals surface area (Å²) in [7, 11) is 0. The smallest absolute Gasteiger partial charge is 0.0598 e. The standard InChI is InChI=1S/C23H28S/c1-2-3-15-22-16-18-11-7-9-17-10-8-14-20(21(17)18)23(22,24-22)19-12-5-4-6-13-19/h7-11,14,19H,2-6,12-13,15-16H2,1H3. The van der Waals surface area contributed by atoms with Crippen LogP contribution in [0.1, 0.15) is 69.4 Å². The normalized spacial score (nSPS) is 31.9. The van der Waals surface area contributed by atoms with Crippen molar-refractivity contribution in [2.24, 2.45) is 5.92 Å². The molecule has 1 saturated heterocycles. The summed E-state index contributed by atoms with van der Waals surface area (Å²) in [6, 6.07) is 14.1. The van der Waals surface area contributed by atoms with Crippen LogP contribution < -0.4 is 0 Å². The van der Waals surface area contributed by atoms with Crippen LogP contribution in [0.15, 0.2) is 36.4 Å². The van der Waals surface area contributed by atoms with Gasteiger partial charge in [-0.3, -0.25) is 0 Å². The summed E-state index contributed by atoms with van der Waals surface area (Å²) in [5.74, 6) is 0.909. The second-order valence-electron chi connectivity index (χ2n) is 8.27. The van der Waals surface area contributed by atoms with Gasteiger partial charge < -0.3 is 0 Å². The Bertz CT molecular complexity index is 767. The highest BCUT2D eigenvalue weighted by Crippen LogP contribution is 2.80. The van der Waals surface area contributed by atoms with Crippen LogP contribution in [0.5, 0.6) is 0 Å². The molecule has 2 unspecified atom stereocenters. The van der Waals surface area contributed by atoms with Crippen LogP contribution in [-0.2, 0) is 11.2 Å². The lowest BCUT2D eigenvalue weighted by atomic mass is 9.64. The fourth-order valence-corrected chi connectivity index (χ4v) is 8.08. The summed E-state index contributed by atoms with van der Waals surface area (Å²) in [4.78, 5) is 0. The number of rotatable bonds is 4. The topological polar surface area (TPSA) is 0 Å². The zero-order valence-electron chi connectivity index (χ0n) is 14.8. The molecule has 0 N–H and O–H groups in total. The van der Waals surface area contributed by atoms with Gasteiger partial charge in [-0.2, -0.15) is 0 Å². The summed E-state index contributed by atoms with van der Waals surface area (Å²) >= 11 is 2.37. The van der Waals surface area contributed by atoms with Gasteiger partial charge in [-0.1, -0.05) is 75.4 Å². The van der Waals surface area contributed by atoms with Gasteiger partial charge in [0.2, 0.25) is 0 Å². The van der Waals surface area contributed by atoms with Crippen molar-refractivity contribution in [3.05, 3.63) is 47.5 Å². The molecule has 1 aliphatic heterocycles. The number of unbranched alkanes of at least 4 members (excludes halogenated alkanes) is 1. The van der Waals surface area contributed by atoms with E-state index in [2.05, 4.69) is 55.1 Å². The molecule has 1 heterocycles. The maximum Gasteiger partial charge on any atom is 0.0598 e. The van der Waals surface area contributed by atoms with Crippen LogP contribution in [0.3, 0.4) is 0 Å². The molecule has 5 rings (SSSR count). The van der Waals surface area contributed by atoms with E-state index in [-0.39, 0.29) is 0 Å². The van der Waals surface area contributed by atoms with Gasteiger partial charge in [-0.05, 0) is 53.5 Å². The number of hydrogen-bond donors (Lipinski definition) is 0. The molecule has 1 heteroatoms. The van der Waals surface area contributed by atoms with E-state index in [1.807, 2.05) is 0 Å². The lowest BCUT2D eigenvalue weighted by Crippen LogP contribution is -2.37. The van der Waals surface area contributed by atoms with Crippen molar-refractivity contribution in [1.29, 1.82) is 0 Å². The van der Waals surface area contributed by atoms with Crippen molar-refractivity contribution in [3.8, 4) is 0 Å². The van der Waals surface area contributed by atoms with Gasteiger partial charge in [-0.15, -0.1) is 11.8 Å². The van der Waals surface area contributed by atoms with E-state index in [1.165, 1.54) is 63.2 Å². The molecule has 2 aromatic rings.